The first-order valence-electron chi connectivity index (χ1n) is 5.10. The molecule has 1 heterocycles. The molecule has 0 aromatic carbocycles. The molecule has 0 aliphatic carbocycles. The highest BCUT2D eigenvalue weighted by Crippen LogP contribution is 2.18. The zero-order valence-electron chi connectivity index (χ0n) is 9.54. The third-order valence-corrected chi connectivity index (χ3v) is 3.64. The Hall–Kier alpha value is -1.07. The fourth-order valence-electron chi connectivity index (χ4n) is 1.42. The molecule has 5 heteroatoms. The lowest BCUT2D eigenvalue weighted by atomic mass is 10.3. The summed E-state index contributed by atoms with van der Waals surface area (Å²) < 4.78 is 28.6. The summed E-state index contributed by atoms with van der Waals surface area (Å²) in [6, 6.07) is 0.0910. The quantitative estimate of drug-likeness (QED) is 0.544. The van der Waals surface area contributed by atoms with Crippen molar-refractivity contribution in [3.05, 3.63) is 37.1 Å². The molecule has 0 amide bonds. The highest BCUT2D eigenvalue weighted by atomic mass is 32.2. The molecule has 1 unspecified atom stereocenters. The smallest absolute Gasteiger partial charge is 0.292 e. The van der Waals surface area contributed by atoms with Gasteiger partial charge in [-0.2, -0.15) is 8.42 Å². The van der Waals surface area contributed by atoms with Gasteiger partial charge < -0.3 is 4.90 Å². The van der Waals surface area contributed by atoms with E-state index in [1.54, 1.807) is 29.3 Å². The van der Waals surface area contributed by atoms with Gasteiger partial charge in [-0.3, -0.25) is 4.18 Å². The van der Waals surface area contributed by atoms with E-state index in [1.165, 1.54) is 6.08 Å². The summed E-state index contributed by atoms with van der Waals surface area (Å²) in [7, 11) is -3.62. The van der Waals surface area contributed by atoms with E-state index in [-0.39, 0.29) is 12.6 Å². The molecule has 0 fully saturated rings. The topological polar surface area (TPSA) is 46.6 Å². The predicted octanol–water partition coefficient (Wildman–Crippen LogP) is 1.64. The van der Waals surface area contributed by atoms with Crippen LogP contribution in [-0.4, -0.2) is 31.3 Å². The van der Waals surface area contributed by atoms with Crippen molar-refractivity contribution in [3.8, 4) is 0 Å². The highest BCUT2D eigenvalue weighted by Gasteiger charge is 2.30. The minimum Gasteiger partial charge on any atom is -0.354 e. The van der Waals surface area contributed by atoms with Crippen molar-refractivity contribution in [3.63, 3.8) is 0 Å². The molecule has 0 radical (unpaired) electrons. The Labute approximate surface area is 97.0 Å². The second-order valence-corrected chi connectivity index (χ2v) is 5.43. The van der Waals surface area contributed by atoms with Gasteiger partial charge in [0.1, 0.15) is 0 Å². The number of allylic oxidation sites excluding steroid dienone is 2. The zero-order chi connectivity index (χ0) is 12.2. The van der Waals surface area contributed by atoms with E-state index < -0.39 is 15.5 Å². The van der Waals surface area contributed by atoms with E-state index in [9.17, 15) is 8.42 Å². The van der Waals surface area contributed by atoms with Gasteiger partial charge in [0, 0.05) is 12.2 Å². The Morgan fingerprint density at radius 3 is 2.75 bits per heavy atom. The van der Waals surface area contributed by atoms with Crippen LogP contribution in [0.3, 0.4) is 0 Å². The molecule has 1 rings (SSSR count). The number of nitrogens with zero attached hydrogens (tertiary/aromatic N) is 1. The van der Waals surface area contributed by atoms with Crippen LogP contribution in [0.5, 0.6) is 0 Å². The lowest BCUT2D eigenvalue weighted by Crippen LogP contribution is -2.42. The van der Waals surface area contributed by atoms with Gasteiger partial charge in [0.2, 0.25) is 0 Å². The summed E-state index contributed by atoms with van der Waals surface area (Å²) in [5.41, 5.74) is 0. The Morgan fingerprint density at radius 1 is 1.50 bits per heavy atom. The molecule has 0 N–H and O–H groups in total. The van der Waals surface area contributed by atoms with E-state index in [1.807, 2.05) is 13.8 Å². The SMILES string of the molecule is C=CCOS(=O)(=O)C1C=CC=CN1C(C)C. The monoisotopic (exact) mass is 243 g/mol. The van der Waals surface area contributed by atoms with Crippen LogP contribution in [0.4, 0.5) is 0 Å². The molecule has 4 nitrogen and oxygen atoms in total. The molecule has 16 heavy (non-hydrogen) atoms. The number of hydrogen-bond acceptors (Lipinski definition) is 4. The summed E-state index contributed by atoms with van der Waals surface area (Å²) >= 11 is 0. The molecule has 0 aromatic heterocycles. The van der Waals surface area contributed by atoms with Crippen LogP contribution in [0, 0.1) is 0 Å². The van der Waals surface area contributed by atoms with Crippen molar-refractivity contribution >= 4 is 10.1 Å². The van der Waals surface area contributed by atoms with Crippen LogP contribution in [-0.2, 0) is 14.3 Å². The van der Waals surface area contributed by atoms with Crippen LogP contribution in [0.1, 0.15) is 13.8 Å². The van der Waals surface area contributed by atoms with Gasteiger partial charge in [0.25, 0.3) is 10.1 Å². The van der Waals surface area contributed by atoms with E-state index in [0.717, 1.165) is 0 Å². The standard InChI is InChI=1S/C11H17NO3S/c1-4-9-15-16(13,14)11-7-5-6-8-12(11)10(2)3/h4-8,10-11H,1,9H2,2-3H3. The van der Waals surface area contributed by atoms with Crippen molar-refractivity contribution < 1.29 is 12.6 Å². The van der Waals surface area contributed by atoms with E-state index in [4.69, 9.17) is 4.18 Å². The van der Waals surface area contributed by atoms with Crippen LogP contribution < -0.4 is 0 Å². The minimum atomic E-state index is -3.62. The molecule has 1 atom stereocenters. The maximum Gasteiger partial charge on any atom is 0.292 e. The molecule has 0 saturated heterocycles. The first-order valence-corrected chi connectivity index (χ1v) is 6.57. The summed E-state index contributed by atoms with van der Waals surface area (Å²) in [6.45, 7) is 7.29. The first-order chi connectivity index (χ1) is 7.49. The predicted molar refractivity (Wildman–Crippen MR) is 64.1 cm³/mol. The maximum absolute atomic E-state index is 11.9. The van der Waals surface area contributed by atoms with Gasteiger partial charge in [-0.15, -0.1) is 6.58 Å². The van der Waals surface area contributed by atoms with Gasteiger partial charge in [-0.25, -0.2) is 0 Å². The largest absolute Gasteiger partial charge is 0.354 e. The first kappa shape index (κ1) is 13.0. The van der Waals surface area contributed by atoms with Crippen molar-refractivity contribution in [2.24, 2.45) is 0 Å². The molecule has 0 saturated carbocycles. The highest BCUT2D eigenvalue weighted by molar-refractivity contribution is 7.87. The van der Waals surface area contributed by atoms with Crippen molar-refractivity contribution in [2.75, 3.05) is 6.61 Å². The van der Waals surface area contributed by atoms with Gasteiger partial charge >= 0.3 is 0 Å². The Kier molecular flexibility index (Phi) is 4.32. The lowest BCUT2D eigenvalue weighted by molar-refractivity contribution is 0.274. The van der Waals surface area contributed by atoms with Crippen LogP contribution in [0.25, 0.3) is 0 Å². The maximum atomic E-state index is 11.9. The Morgan fingerprint density at radius 2 is 2.19 bits per heavy atom. The number of hydrogen-bond donors (Lipinski definition) is 0. The number of rotatable bonds is 5. The van der Waals surface area contributed by atoms with Crippen molar-refractivity contribution in [1.82, 2.24) is 4.90 Å². The van der Waals surface area contributed by atoms with Gasteiger partial charge in [-0.1, -0.05) is 12.2 Å². The molecule has 0 spiro atoms. The third kappa shape index (κ3) is 2.96. The molecule has 0 aromatic rings. The van der Waals surface area contributed by atoms with Crippen LogP contribution >= 0.6 is 0 Å². The third-order valence-electron chi connectivity index (χ3n) is 2.18. The molecule has 90 valence electrons. The zero-order valence-corrected chi connectivity index (χ0v) is 10.4. The average molecular weight is 243 g/mol. The van der Waals surface area contributed by atoms with Crippen LogP contribution in [0.15, 0.2) is 37.1 Å². The van der Waals surface area contributed by atoms with Gasteiger partial charge in [0.15, 0.2) is 5.37 Å². The minimum absolute atomic E-state index is 0.00230. The van der Waals surface area contributed by atoms with Crippen molar-refractivity contribution in [2.45, 2.75) is 25.3 Å². The second-order valence-electron chi connectivity index (χ2n) is 3.72. The van der Waals surface area contributed by atoms with E-state index >= 15 is 0 Å². The summed E-state index contributed by atoms with van der Waals surface area (Å²) in [5, 5.41) is -0.752. The summed E-state index contributed by atoms with van der Waals surface area (Å²) in [6.07, 6.45) is 8.29. The lowest BCUT2D eigenvalue weighted by Gasteiger charge is -2.32. The van der Waals surface area contributed by atoms with Gasteiger partial charge in [0.05, 0.1) is 6.61 Å². The summed E-state index contributed by atoms with van der Waals surface area (Å²) in [5.74, 6) is 0. The average Bonchev–Trinajstić information content (AvgIpc) is 2.26. The van der Waals surface area contributed by atoms with Gasteiger partial charge in [-0.05, 0) is 26.0 Å². The van der Waals surface area contributed by atoms with Crippen molar-refractivity contribution in [1.29, 1.82) is 0 Å². The molecule has 1 aliphatic heterocycles. The second kappa shape index (κ2) is 5.32. The molecular weight excluding hydrogens is 226 g/mol. The van der Waals surface area contributed by atoms with E-state index in [2.05, 4.69) is 6.58 Å². The van der Waals surface area contributed by atoms with E-state index in [0.29, 0.717) is 0 Å². The molecule has 0 bridgehead atoms. The Balaban J connectivity index is 2.88. The normalized spacial score (nSPS) is 20.4. The molecule has 1 aliphatic rings. The Bertz CT molecular complexity index is 395. The molecular formula is C11H17NO3S. The van der Waals surface area contributed by atoms with Crippen LogP contribution in [0.2, 0.25) is 0 Å². The fourth-order valence-corrected chi connectivity index (χ4v) is 2.74. The summed E-state index contributed by atoms with van der Waals surface area (Å²) in [4.78, 5) is 1.73. The fraction of sp³-hybridized carbons (Fsp3) is 0.455.